The van der Waals surface area contributed by atoms with Gasteiger partial charge in [0.25, 0.3) is 0 Å². The normalized spacial score (nSPS) is 16.8. The topological polar surface area (TPSA) is 56.1 Å². The van der Waals surface area contributed by atoms with E-state index in [9.17, 15) is 13.6 Å². The van der Waals surface area contributed by atoms with E-state index in [1.165, 1.54) is 12.1 Å². The van der Waals surface area contributed by atoms with Crippen LogP contribution < -0.4 is 10.2 Å². The summed E-state index contributed by atoms with van der Waals surface area (Å²) in [5.74, 6) is -1.96. The van der Waals surface area contributed by atoms with Gasteiger partial charge >= 0.3 is 0 Å². The van der Waals surface area contributed by atoms with E-state index in [0.29, 0.717) is 18.5 Å². The number of nitrogens with one attached hydrogen (secondary N) is 1. The third-order valence-electron chi connectivity index (χ3n) is 4.59. The number of carbonyl (C=O) groups is 1. The first-order valence-electron chi connectivity index (χ1n) is 8.57. The van der Waals surface area contributed by atoms with Crippen molar-refractivity contribution in [1.29, 1.82) is 5.26 Å². The molecular formula is C20H19F2N3O. The number of nitriles is 1. The summed E-state index contributed by atoms with van der Waals surface area (Å²) in [6.07, 6.45) is 2.57. The van der Waals surface area contributed by atoms with E-state index in [2.05, 4.69) is 5.32 Å². The van der Waals surface area contributed by atoms with E-state index in [4.69, 9.17) is 5.26 Å². The maximum absolute atomic E-state index is 14.1. The van der Waals surface area contributed by atoms with Gasteiger partial charge in [-0.25, -0.2) is 8.78 Å². The number of carbonyl (C=O) groups excluding carboxylic acids is 1. The van der Waals surface area contributed by atoms with Crippen molar-refractivity contribution in [3.8, 4) is 17.2 Å². The fourth-order valence-electron chi connectivity index (χ4n) is 3.34. The van der Waals surface area contributed by atoms with Gasteiger partial charge in [0.1, 0.15) is 12.6 Å². The molecule has 1 fully saturated rings. The monoisotopic (exact) mass is 355 g/mol. The zero-order valence-corrected chi connectivity index (χ0v) is 14.2. The van der Waals surface area contributed by atoms with Gasteiger partial charge in [-0.1, -0.05) is 24.3 Å². The van der Waals surface area contributed by atoms with Gasteiger partial charge in [0.15, 0.2) is 11.6 Å². The highest BCUT2D eigenvalue weighted by molar-refractivity contribution is 5.86. The minimum Gasteiger partial charge on any atom is -0.360 e. The number of rotatable bonds is 4. The van der Waals surface area contributed by atoms with E-state index < -0.39 is 11.6 Å². The number of anilines is 1. The van der Waals surface area contributed by atoms with Crippen LogP contribution in [0.4, 0.5) is 14.5 Å². The molecule has 2 aromatic carbocycles. The zero-order chi connectivity index (χ0) is 18.5. The lowest BCUT2D eigenvalue weighted by Gasteiger charge is -2.36. The van der Waals surface area contributed by atoms with Crippen LogP contribution in [0.15, 0.2) is 42.5 Å². The van der Waals surface area contributed by atoms with Crippen LogP contribution in [0.25, 0.3) is 11.1 Å². The Labute approximate surface area is 151 Å². The first kappa shape index (κ1) is 17.9. The second-order valence-corrected chi connectivity index (χ2v) is 6.23. The summed E-state index contributed by atoms with van der Waals surface area (Å²) in [5.41, 5.74) is 1.53. The average molecular weight is 355 g/mol. The lowest BCUT2D eigenvalue weighted by Crippen LogP contribution is -2.49. The number of halogens is 2. The van der Waals surface area contributed by atoms with Crippen LogP contribution in [0.1, 0.15) is 19.3 Å². The quantitative estimate of drug-likeness (QED) is 0.852. The molecule has 0 spiro atoms. The average Bonchev–Trinajstić information content (AvgIpc) is 2.68. The predicted octanol–water partition coefficient (Wildman–Crippen LogP) is 3.63. The number of piperidine rings is 1. The molecule has 0 aliphatic carbocycles. The van der Waals surface area contributed by atoms with Gasteiger partial charge in [0.2, 0.25) is 5.91 Å². The maximum Gasteiger partial charge on any atom is 0.243 e. The van der Waals surface area contributed by atoms with Gasteiger partial charge in [-0.15, -0.1) is 0 Å². The SMILES string of the molecule is N#CCNC(=O)C1CCCCN1c1cccc(-c2cccc(F)c2F)c1. The summed E-state index contributed by atoms with van der Waals surface area (Å²) < 4.78 is 27.7. The zero-order valence-electron chi connectivity index (χ0n) is 14.2. The van der Waals surface area contributed by atoms with Crippen molar-refractivity contribution in [2.75, 3.05) is 18.0 Å². The van der Waals surface area contributed by atoms with Crippen molar-refractivity contribution in [1.82, 2.24) is 5.32 Å². The Morgan fingerprint density at radius 2 is 2.04 bits per heavy atom. The molecule has 0 radical (unpaired) electrons. The molecule has 3 rings (SSSR count). The molecule has 1 amide bonds. The third kappa shape index (κ3) is 3.67. The fourth-order valence-corrected chi connectivity index (χ4v) is 3.34. The van der Waals surface area contributed by atoms with Crippen LogP contribution >= 0.6 is 0 Å². The summed E-state index contributed by atoms with van der Waals surface area (Å²) in [6, 6.07) is 12.7. The first-order valence-corrected chi connectivity index (χ1v) is 8.57. The lowest BCUT2D eigenvalue weighted by atomic mass is 9.98. The summed E-state index contributed by atoms with van der Waals surface area (Å²) in [4.78, 5) is 14.4. The predicted molar refractivity (Wildman–Crippen MR) is 95.4 cm³/mol. The van der Waals surface area contributed by atoms with Gasteiger partial charge in [0.05, 0.1) is 6.07 Å². The number of benzene rings is 2. The molecule has 4 nitrogen and oxygen atoms in total. The second-order valence-electron chi connectivity index (χ2n) is 6.23. The summed E-state index contributed by atoms with van der Waals surface area (Å²) in [6.45, 7) is 0.664. The second kappa shape index (κ2) is 7.96. The molecule has 2 aromatic rings. The molecule has 1 N–H and O–H groups in total. The highest BCUT2D eigenvalue weighted by Gasteiger charge is 2.29. The Balaban J connectivity index is 1.92. The maximum atomic E-state index is 14.1. The molecule has 1 aliphatic rings. The van der Waals surface area contributed by atoms with Crippen LogP contribution in [-0.2, 0) is 4.79 Å². The molecule has 6 heteroatoms. The molecule has 1 atom stereocenters. The summed E-state index contributed by atoms with van der Waals surface area (Å²) in [7, 11) is 0. The number of nitrogens with zero attached hydrogens (tertiary/aromatic N) is 2. The molecule has 1 aliphatic heterocycles. The molecule has 1 heterocycles. The minimum atomic E-state index is -0.889. The number of amides is 1. The van der Waals surface area contributed by atoms with Gasteiger partial charge in [0, 0.05) is 17.8 Å². The Kier molecular flexibility index (Phi) is 5.47. The third-order valence-corrected chi connectivity index (χ3v) is 4.59. The van der Waals surface area contributed by atoms with Gasteiger partial charge in [-0.05, 0) is 43.0 Å². The lowest BCUT2D eigenvalue weighted by molar-refractivity contribution is -0.122. The smallest absolute Gasteiger partial charge is 0.243 e. The molecule has 1 saturated heterocycles. The number of hydrogen-bond acceptors (Lipinski definition) is 3. The highest BCUT2D eigenvalue weighted by Crippen LogP contribution is 2.31. The Morgan fingerprint density at radius 1 is 1.23 bits per heavy atom. The molecule has 0 saturated carbocycles. The molecule has 0 aromatic heterocycles. The van der Waals surface area contributed by atoms with Gasteiger partial charge in [-0.3, -0.25) is 4.79 Å². The van der Waals surface area contributed by atoms with Crippen molar-refractivity contribution in [3.05, 3.63) is 54.1 Å². The molecule has 134 valence electrons. The van der Waals surface area contributed by atoms with Gasteiger partial charge < -0.3 is 10.2 Å². The number of hydrogen-bond donors (Lipinski definition) is 1. The Hall–Kier alpha value is -2.94. The summed E-state index contributed by atoms with van der Waals surface area (Å²) in [5, 5.41) is 11.3. The van der Waals surface area contributed by atoms with Crippen LogP contribution in [0.5, 0.6) is 0 Å². The van der Waals surface area contributed by atoms with Crippen LogP contribution in [0.3, 0.4) is 0 Å². The molecule has 26 heavy (non-hydrogen) atoms. The summed E-state index contributed by atoms with van der Waals surface area (Å²) >= 11 is 0. The molecule has 0 bridgehead atoms. The van der Waals surface area contributed by atoms with E-state index in [-0.39, 0.29) is 24.1 Å². The first-order chi connectivity index (χ1) is 12.6. The van der Waals surface area contributed by atoms with Crippen LogP contribution in [0, 0.1) is 23.0 Å². The van der Waals surface area contributed by atoms with E-state index in [1.54, 1.807) is 18.2 Å². The largest absolute Gasteiger partial charge is 0.360 e. The molecular weight excluding hydrogens is 336 g/mol. The Morgan fingerprint density at radius 3 is 2.85 bits per heavy atom. The van der Waals surface area contributed by atoms with Crippen molar-refractivity contribution in [3.63, 3.8) is 0 Å². The van der Waals surface area contributed by atoms with Crippen LogP contribution in [0.2, 0.25) is 0 Å². The van der Waals surface area contributed by atoms with Crippen molar-refractivity contribution in [2.45, 2.75) is 25.3 Å². The Bertz CT molecular complexity index is 847. The van der Waals surface area contributed by atoms with Crippen LogP contribution in [-0.4, -0.2) is 25.0 Å². The fraction of sp³-hybridized carbons (Fsp3) is 0.300. The highest BCUT2D eigenvalue weighted by atomic mass is 19.2. The van der Waals surface area contributed by atoms with Crippen molar-refractivity contribution >= 4 is 11.6 Å². The minimum absolute atomic E-state index is 0.0300. The van der Waals surface area contributed by atoms with E-state index in [0.717, 1.165) is 24.6 Å². The van der Waals surface area contributed by atoms with E-state index in [1.807, 2.05) is 17.0 Å². The van der Waals surface area contributed by atoms with Crippen molar-refractivity contribution in [2.24, 2.45) is 0 Å². The van der Waals surface area contributed by atoms with E-state index >= 15 is 0 Å². The van der Waals surface area contributed by atoms with Crippen molar-refractivity contribution < 1.29 is 13.6 Å². The van der Waals surface area contributed by atoms with Gasteiger partial charge in [-0.2, -0.15) is 5.26 Å². The molecule has 1 unspecified atom stereocenters. The standard InChI is InChI=1S/C20H19F2N3O/c21-17-8-4-7-16(19(17)22)14-5-3-6-15(13-14)25-12-2-1-9-18(25)20(26)24-11-10-23/h3-8,13,18H,1-2,9,11-12H2,(H,24,26).